The quantitative estimate of drug-likeness (QED) is 0.808. The fraction of sp³-hybridized carbons (Fsp3) is 0.353. The molecule has 0 aliphatic heterocycles. The van der Waals surface area contributed by atoms with Crippen LogP contribution in [-0.4, -0.2) is 25.2 Å². The van der Waals surface area contributed by atoms with Crippen LogP contribution in [0.2, 0.25) is 0 Å². The molecule has 0 amide bonds. The average molecular weight is 286 g/mol. The topological polar surface area (TPSA) is 43.4 Å². The Bertz CT molecular complexity index is 541. The van der Waals surface area contributed by atoms with Crippen molar-refractivity contribution in [1.82, 2.24) is 4.98 Å². The summed E-state index contributed by atoms with van der Waals surface area (Å²) in [4.78, 5) is 4.25. The molecule has 112 valence electrons. The number of anilines is 1. The maximum Gasteiger partial charge on any atom is 0.126 e. The molecule has 0 saturated heterocycles. The summed E-state index contributed by atoms with van der Waals surface area (Å²) < 4.78 is 10.9. The minimum Gasteiger partial charge on any atom is -0.489 e. The first-order chi connectivity index (χ1) is 10.3. The summed E-state index contributed by atoms with van der Waals surface area (Å²) in [5.41, 5.74) is 2.35. The van der Waals surface area contributed by atoms with Crippen LogP contribution in [0.5, 0.6) is 5.75 Å². The Morgan fingerprint density at radius 2 is 1.90 bits per heavy atom. The van der Waals surface area contributed by atoms with Crippen LogP contribution in [0.3, 0.4) is 0 Å². The molecule has 0 saturated carbocycles. The zero-order chi connectivity index (χ0) is 14.9. The van der Waals surface area contributed by atoms with E-state index in [0.29, 0.717) is 6.61 Å². The van der Waals surface area contributed by atoms with Gasteiger partial charge in [0.15, 0.2) is 0 Å². The molecular formula is C17H22N2O2. The first-order valence-corrected chi connectivity index (χ1v) is 7.21. The van der Waals surface area contributed by atoms with Gasteiger partial charge in [-0.3, -0.25) is 0 Å². The maximum atomic E-state index is 5.80. The molecule has 0 spiro atoms. The van der Waals surface area contributed by atoms with Gasteiger partial charge in [0.1, 0.15) is 18.2 Å². The Labute approximate surface area is 126 Å². The molecule has 1 N–H and O–H groups in total. The Hall–Kier alpha value is -2.07. The van der Waals surface area contributed by atoms with Gasteiger partial charge >= 0.3 is 0 Å². The fourth-order valence-corrected chi connectivity index (χ4v) is 1.98. The molecule has 0 aliphatic carbocycles. The lowest BCUT2D eigenvalue weighted by Crippen LogP contribution is -2.01. The first kappa shape index (κ1) is 15.3. The van der Waals surface area contributed by atoms with Crippen molar-refractivity contribution in [3.63, 3.8) is 0 Å². The van der Waals surface area contributed by atoms with Gasteiger partial charge in [-0.1, -0.05) is 12.1 Å². The molecule has 4 nitrogen and oxygen atoms in total. The normalized spacial score (nSPS) is 10.4. The second-order valence-corrected chi connectivity index (χ2v) is 4.76. The summed E-state index contributed by atoms with van der Waals surface area (Å²) in [6.07, 6.45) is 2.72. The van der Waals surface area contributed by atoms with Gasteiger partial charge in [0.2, 0.25) is 0 Å². The number of ether oxygens (including phenoxy) is 2. The Kier molecular flexibility index (Phi) is 6.03. The third kappa shape index (κ3) is 5.08. The van der Waals surface area contributed by atoms with Crippen LogP contribution in [0.25, 0.3) is 0 Å². The van der Waals surface area contributed by atoms with E-state index in [-0.39, 0.29) is 0 Å². The highest BCUT2D eigenvalue weighted by Crippen LogP contribution is 2.15. The van der Waals surface area contributed by atoms with Gasteiger partial charge in [0, 0.05) is 19.9 Å². The molecule has 0 bridgehead atoms. The van der Waals surface area contributed by atoms with E-state index in [1.807, 2.05) is 24.3 Å². The minimum absolute atomic E-state index is 0.540. The van der Waals surface area contributed by atoms with Crippen molar-refractivity contribution in [3.05, 3.63) is 53.7 Å². The fourth-order valence-electron chi connectivity index (χ4n) is 1.98. The molecule has 0 radical (unpaired) electrons. The predicted octanol–water partition coefficient (Wildman–Crippen LogP) is 3.28. The highest BCUT2D eigenvalue weighted by molar-refractivity contribution is 5.37. The molecule has 1 aromatic heterocycles. The van der Waals surface area contributed by atoms with Crippen molar-refractivity contribution in [2.24, 2.45) is 0 Å². The van der Waals surface area contributed by atoms with E-state index in [1.165, 1.54) is 5.56 Å². The number of rotatable bonds is 8. The van der Waals surface area contributed by atoms with Gasteiger partial charge in [0.05, 0.1) is 6.61 Å². The van der Waals surface area contributed by atoms with Crippen molar-refractivity contribution in [1.29, 1.82) is 0 Å². The third-order valence-electron chi connectivity index (χ3n) is 3.11. The smallest absolute Gasteiger partial charge is 0.126 e. The second kappa shape index (κ2) is 8.27. The van der Waals surface area contributed by atoms with Crippen molar-refractivity contribution in [3.8, 4) is 5.75 Å². The molecule has 0 aliphatic rings. The Balaban J connectivity index is 1.88. The van der Waals surface area contributed by atoms with Crippen LogP contribution >= 0.6 is 0 Å². The number of methoxy groups -OCH3 is 1. The van der Waals surface area contributed by atoms with Gasteiger partial charge < -0.3 is 14.8 Å². The SMILES string of the molecule is CCNc1cc(COc2ccc(CCOC)cc2)ccn1. The minimum atomic E-state index is 0.540. The number of hydrogen-bond acceptors (Lipinski definition) is 4. The summed E-state index contributed by atoms with van der Waals surface area (Å²) >= 11 is 0. The lowest BCUT2D eigenvalue weighted by Gasteiger charge is -2.09. The highest BCUT2D eigenvalue weighted by Gasteiger charge is 1.99. The summed E-state index contributed by atoms with van der Waals surface area (Å²) in [6, 6.07) is 12.1. The zero-order valence-corrected chi connectivity index (χ0v) is 12.6. The monoisotopic (exact) mass is 286 g/mol. The van der Waals surface area contributed by atoms with Gasteiger partial charge in [-0.15, -0.1) is 0 Å². The molecule has 0 atom stereocenters. The van der Waals surface area contributed by atoms with Gasteiger partial charge in [-0.2, -0.15) is 0 Å². The maximum absolute atomic E-state index is 5.80. The lowest BCUT2D eigenvalue weighted by atomic mass is 10.1. The summed E-state index contributed by atoms with van der Waals surface area (Å²) in [5.74, 6) is 1.76. The molecule has 1 aromatic carbocycles. The summed E-state index contributed by atoms with van der Waals surface area (Å²) in [5, 5.41) is 3.19. The largest absolute Gasteiger partial charge is 0.489 e. The molecule has 1 heterocycles. The Morgan fingerprint density at radius 1 is 1.10 bits per heavy atom. The lowest BCUT2D eigenvalue weighted by molar-refractivity contribution is 0.202. The van der Waals surface area contributed by atoms with E-state index in [1.54, 1.807) is 13.3 Å². The average Bonchev–Trinajstić information content (AvgIpc) is 2.53. The standard InChI is InChI=1S/C17H22N2O2/c1-3-18-17-12-15(8-10-19-17)13-21-16-6-4-14(5-7-16)9-11-20-2/h4-8,10,12H,3,9,11,13H2,1-2H3,(H,18,19). The number of hydrogen-bond donors (Lipinski definition) is 1. The van der Waals surface area contributed by atoms with Crippen LogP contribution in [0.4, 0.5) is 5.82 Å². The van der Waals surface area contributed by atoms with E-state index in [4.69, 9.17) is 9.47 Å². The van der Waals surface area contributed by atoms with E-state index in [9.17, 15) is 0 Å². The molecule has 21 heavy (non-hydrogen) atoms. The molecule has 2 aromatic rings. The van der Waals surface area contributed by atoms with Crippen molar-refractivity contribution < 1.29 is 9.47 Å². The highest BCUT2D eigenvalue weighted by atomic mass is 16.5. The number of pyridine rings is 1. The van der Waals surface area contributed by atoms with Gasteiger partial charge in [-0.05, 0) is 48.7 Å². The molecule has 0 unspecified atom stereocenters. The van der Waals surface area contributed by atoms with Crippen molar-refractivity contribution >= 4 is 5.82 Å². The van der Waals surface area contributed by atoms with Crippen molar-refractivity contribution in [2.45, 2.75) is 20.0 Å². The third-order valence-corrected chi connectivity index (χ3v) is 3.11. The number of benzene rings is 1. The number of aromatic nitrogens is 1. The van der Waals surface area contributed by atoms with E-state index in [0.717, 1.165) is 36.7 Å². The Morgan fingerprint density at radius 3 is 2.62 bits per heavy atom. The van der Waals surface area contributed by atoms with E-state index < -0.39 is 0 Å². The molecule has 4 heteroatoms. The zero-order valence-electron chi connectivity index (χ0n) is 12.6. The number of nitrogens with zero attached hydrogens (tertiary/aromatic N) is 1. The number of nitrogens with one attached hydrogen (secondary N) is 1. The van der Waals surface area contributed by atoms with Crippen LogP contribution < -0.4 is 10.1 Å². The van der Waals surface area contributed by atoms with Gasteiger partial charge in [0.25, 0.3) is 0 Å². The van der Waals surface area contributed by atoms with Crippen LogP contribution in [0, 0.1) is 0 Å². The predicted molar refractivity (Wildman–Crippen MR) is 84.8 cm³/mol. The summed E-state index contributed by atoms with van der Waals surface area (Å²) in [6.45, 7) is 4.19. The first-order valence-electron chi connectivity index (χ1n) is 7.21. The molecular weight excluding hydrogens is 264 g/mol. The van der Waals surface area contributed by atoms with Crippen LogP contribution in [0.15, 0.2) is 42.6 Å². The summed E-state index contributed by atoms with van der Waals surface area (Å²) in [7, 11) is 1.72. The van der Waals surface area contributed by atoms with Gasteiger partial charge in [-0.25, -0.2) is 4.98 Å². The van der Waals surface area contributed by atoms with E-state index in [2.05, 4.69) is 29.4 Å². The van der Waals surface area contributed by atoms with Crippen LogP contribution in [0.1, 0.15) is 18.1 Å². The van der Waals surface area contributed by atoms with Crippen molar-refractivity contribution in [2.75, 3.05) is 25.6 Å². The van der Waals surface area contributed by atoms with Crippen LogP contribution in [-0.2, 0) is 17.8 Å². The van der Waals surface area contributed by atoms with E-state index >= 15 is 0 Å². The second-order valence-electron chi connectivity index (χ2n) is 4.76. The molecule has 0 fully saturated rings. The molecule has 2 rings (SSSR count).